The van der Waals surface area contributed by atoms with Crippen LogP contribution in [0.2, 0.25) is 0 Å². The van der Waals surface area contributed by atoms with Crippen molar-refractivity contribution in [3.8, 4) is 0 Å². The van der Waals surface area contributed by atoms with Crippen molar-refractivity contribution in [2.75, 3.05) is 0 Å². The van der Waals surface area contributed by atoms with Gasteiger partial charge in [0.2, 0.25) is 0 Å². The van der Waals surface area contributed by atoms with E-state index in [2.05, 4.69) is 27.7 Å². The van der Waals surface area contributed by atoms with Crippen LogP contribution in [0, 0.1) is 35.5 Å². The smallest absolute Gasteiger partial charge is 0.0329 e. The second-order valence-corrected chi connectivity index (χ2v) is 7.06. The van der Waals surface area contributed by atoms with Crippen LogP contribution in [0.1, 0.15) is 72.6 Å². The Morgan fingerprint density at radius 1 is 0.882 bits per heavy atom. The highest BCUT2D eigenvalue weighted by Gasteiger charge is 2.40. The molecule has 0 heterocycles. The Morgan fingerprint density at radius 3 is 1.76 bits per heavy atom. The third kappa shape index (κ3) is 2.71. The van der Waals surface area contributed by atoms with E-state index in [1.54, 1.807) is 0 Å². The molecule has 0 aromatic heterocycles. The molecule has 4 atom stereocenters. The lowest BCUT2D eigenvalue weighted by Gasteiger charge is -2.47. The lowest BCUT2D eigenvalue weighted by Crippen LogP contribution is -2.39. The van der Waals surface area contributed by atoms with Crippen molar-refractivity contribution in [3.63, 3.8) is 0 Å². The molecule has 0 aromatic rings. The van der Waals surface area contributed by atoms with Crippen LogP contribution in [-0.2, 0) is 0 Å². The highest BCUT2D eigenvalue weighted by molar-refractivity contribution is 4.90. The summed E-state index contributed by atoms with van der Waals surface area (Å²) in [5.74, 6) is 6.05. The molecule has 0 aromatic carbocycles. The Hall–Kier alpha value is 0. The van der Waals surface area contributed by atoms with Crippen molar-refractivity contribution in [2.24, 2.45) is 35.5 Å². The summed E-state index contributed by atoms with van der Waals surface area (Å²) in [7, 11) is 0. The van der Waals surface area contributed by atoms with Gasteiger partial charge >= 0.3 is 0 Å². The zero-order valence-electron chi connectivity index (χ0n) is 12.4. The minimum absolute atomic E-state index is 0.920. The third-order valence-electron chi connectivity index (χ3n) is 6.34. The van der Waals surface area contributed by atoms with Crippen LogP contribution in [0.15, 0.2) is 0 Å². The molecule has 100 valence electrons. The van der Waals surface area contributed by atoms with Gasteiger partial charge in [-0.3, -0.25) is 0 Å². The summed E-state index contributed by atoms with van der Waals surface area (Å²) in [5, 5.41) is 0. The summed E-state index contributed by atoms with van der Waals surface area (Å²) < 4.78 is 0. The molecule has 0 aliphatic heterocycles. The molecule has 2 aliphatic rings. The summed E-state index contributed by atoms with van der Waals surface area (Å²) >= 11 is 0. The van der Waals surface area contributed by atoms with E-state index in [4.69, 9.17) is 0 Å². The predicted octanol–water partition coefficient (Wildman–Crippen LogP) is 5.52. The van der Waals surface area contributed by atoms with Gasteiger partial charge < -0.3 is 0 Å². The molecule has 2 rings (SSSR count). The second kappa shape index (κ2) is 5.76. The fourth-order valence-electron chi connectivity index (χ4n) is 4.19. The van der Waals surface area contributed by atoms with Crippen LogP contribution in [-0.4, -0.2) is 0 Å². The topological polar surface area (TPSA) is 0 Å². The van der Waals surface area contributed by atoms with Crippen molar-refractivity contribution < 1.29 is 0 Å². The van der Waals surface area contributed by atoms with Crippen LogP contribution < -0.4 is 0 Å². The summed E-state index contributed by atoms with van der Waals surface area (Å²) in [4.78, 5) is 0. The van der Waals surface area contributed by atoms with Gasteiger partial charge in [0, 0.05) is 0 Å². The SMILES string of the molecule is CCC(C)C(C)C(C1CCC1)C(C)C1CCC1. The standard InChI is InChI=1S/C17H32/c1-5-12(2)13(3)17(16-10-7-11-16)14(4)15-8-6-9-15/h12-17H,5-11H2,1-4H3. The Bertz CT molecular complexity index is 213. The Labute approximate surface area is 109 Å². The van der Waals surface area contributed by atoms with Gasteiger partial charge in [-0.15, -0.1) is 0 Å². The van der Waals surface area contributed by atoms with Gasteiger partial charge in [-0.25, -0.2) is 0 Å². The van der Waals surface area contributed by atoms with E-state index in [-0.39, 0.29) is 0 Å². The van der Waals surface area contributed by atoms with Crippen LogP contribution in [0.3, 0.4) is 0 Å². The maximum atomic E-state index is 2.58. The average molecular weight is 236 g/mol. The fraction of sp³-hybridized carbons (Fsp3) is 1.00. The normalized spacial score (nSPS) is 28.9. The molecule has 0 saturated heterocycles. The first-order valence-corrected chi connectivity index (χ1v) is 8.15. The zero-order valence-corrected chi connectivity index (χ0v) is 12.4. The Balaban J connectivity index is 2.00. The summed E-state index contributed by atoms with van der Waals surface area (Å²) in [6.07, 6.45) is 10.5. The molecule has 0 N–H and O–H groups in total. The molecule has 17 heavy (non-hydrogen) atoms. The lowest BCUT2D eigenvalue weighted by molar-refractivity contribution is 0.0248. The maximum Gasteiger partial charge on any atom is -0.0329 e. The van der Waals surface area contributed by atoms with Crippen LogP contribution in [0.5, 0.6) is 0 Å². The summed E-state index contributed by atoms with van der Waals surface area (Å²) in [5.41, 5.74) is 0. The minimum Gasteiger partial charge on any atom is -0.0651 e. The van der Waals surface area contributed by atoms with Crippen LogP contribution in [0.4, 0.5) is 0 Å². The first-order valence-electron chi connectivity index (χ1n) is 8.15. The fourth-order valence-corrected chi connectivity index (χ4v) is 4.19. The van der Waals surface area contributed by atoms with E-state index in [0.717, 1.165) is 35.5 Å². The predicted molar refractivity (Wildman–Crippen MR) is 76.0 cm³/mol. The minimum atomic E-state index is 0.920. The zero-order chi connectivity index (χ0) is 12.4. The monoisotopic (exact) mass is 236 g/mol. The second-order valence-electron chi connectivity index (χ2n) is 7.06. The van der Waals surface area contributed by atoms with E-state index >= 15 is 0 Å². The van der Waals surface area contributed by atoms with Crippen molar-refractivity contribution in [2.45, 2.75) is 72.6 Å². The first-order chi connectivity index (χ1) is 8.15. The van der Waals surface area contributed by atoms with Crippen molar-refractivity contribution in [1.82, 2.24) is 0 Å². The van der Waals surface area contributed by atoms with Gasteiger partial charge in [-0.2, -0.15) is 0 Å². The molecule has 0 nitrogen and oxygen atoms in total. The maximum absolute atomic E-state index is 2.58. The van der Waals surface area contributed by atoms with Gasteiger partial charge in [-0.05, 0) is 35.5 Å². The third-order valence-corrected chi connectivity index (χ3v) is 6.34. The molecule has 2 fully saturated rings. The number of rotatable bonds is 6. The van der Waals surface area contributed by atoms with Gasteiger partial charge in [0.1, 0.15) is 0 Å². The van der Waals surface area contributed by atoms with E-state index in [1.165, 1.54) is 44.9 Å². The molecule has 0 radical (unpaired) electrons. The lowest BCUT2D eigenvalue weighted by atomic mass is 9.58. The average Bonchev–Trinajstić information content (AvgIpc) is 2.18. The van der Waals surface area contributed by atoms with Crippen LogP contribution in [0.25, 0.3) is 0 Å². The highest BCUT2D eigenvalue weighted by atomic mass is 14.5. The molecule has 2 saturated carbocycles. The molecule has 0 spiro atoms. The van der Waals surface area contributed by atoms with Crippen LogP contribution >= 0.6 is 0 Å². The number of hydrogen-bond donors (Lipinski definition) is 0. The van der Waals surface area contributed by atoms with E-state index in [0.29, 0.717) is 0 Å². The summed E-state index contributed by atoms with van der Waals surface area (Å²) in [6.45, 7) is 9.97. The molecule has 0 amide bonds. The highest BCUT2D eigenvalue weighted by Crippen LogP contribution is 2.49. The van der Waals surface area contributed by atoms with Gasteiger partial charge in [-0.1, -0.05) is 72.6 Å². The van der Waals surface area contributed by atoms with E-state index < -0.39 is 0 Å². The summed E-state index contributed by atoms with van der Waals surface area (Å²) in [6, 6.07) is 0. The van der Waals surface area contributed by atoms with Gasteiger partial charge in [0.15, 0.2) is 0 Å². The van der Waals surface area contributed by atoms with E-state index in [1.807, 2.05) is 0 Å². The van der Waals surface area contributed by atoms with Gasteiger partial charge in [0.25, 0.3) is 0 Å². The Kier molecular flexibility index (Phi) is 4.55. The van der Waals surface area contributed by atoms with Gasteiger partial charge in [0.05, 0.1) is 0 Å². The quantitative estimate of drug-likeness (QED) is 0.569. The first kappa shape index (κ1) is 13.4. The van der Waals surface area contributed by atoms with Crippen molar-refractivity contribution in [1.29, 1.82) is 0 Å². The molecular formula is C17H32. The Morgan fingerprint density at radius 2 is 1.41 bits per heavy atom. The van der Waals surface area contributed by atoms with E-state index in [9.17, 15) is 0 Å². The molecule has 0 bridgehead atoms. The molecule has 4 unspecified atom stereocenters. The van der Waals surface area contributed by atoms with Crippen molar-refractivity contribution >= 4 is 0 Å². The molecule has 2 aliphatic carbocycles. The molecule has 0 heteroatoms. The van der Waals surface area contributed by atoms with Crippen molar-refractivity contribution in [3.05, 3.63) is 0 Å². The largest absolute Gasteiger partial charge is 0.0651 e. The number of hydrogen-bond acceptors (Lipinski definition) is 0. The molecular weight excluding hydrogens is 204 g/mol.